The molecule has 2 rings (SSSR count). The van der Waals surface area contributed by atoms with Gasteiger partial charge in [-0.05, 0) is 42.1 Å². The van der Waals surface area contributed by atoms with Crippen LogP contribution in [0.15, 0.2) is 24.3 Å². The lowest BCUT2D eigenvalue weighted by atomic mass is 10.0. The number of hydrogen-bond donors (Lipinski definition) is 0. The summed E-state index contributed by atoms with van der Waals surface area (Å²) in [5, 5.41) is 0.528. The molecule has 0 radical (unpaired) electrons. The zero-order chi connectivity index (χ0) is 12.4. The molecule has 0 saturated carbocycles. The van der Waals surface area contributed by atoms with Gasteiger partial charge in [-0.2, -0.15) is 0 Å². The molecule has 2 aromatic rings. The molecule has 0 amide bonds. The maximum Gasteiger partial charge on any atom is 0.254 e. The quantitative estimate of drug-likeness (QED) is 0.792. The van der Waals surface area contributed by atoms with Crippen molar-refractivity contribution in [3.63, 3.8) is 0 Å². The van der Waals surface area contributed by atoms with Crippen LogP contribution in [-0.4, -0.2) is 10.2 Å². The van der Waals surface area contributed by atoms with Gasteiger partial charge in [0.05, 0.1) is 11.1 Å². The van der Waals surface area contributed by atoms with Gasteiger partial charge in [-0.1, -0.05) is 26.0 Å². The fourth-order valence-corrected chi connectivity index (χ4v) is 2.20. The Labute approximate surface area is 118 Å². The molecule has 0 saturated heterocycles. The number of pyridine rings is 1. The molecular formula is C14H15Cl2NO. The molecule has 0 fully saturated rings. The van der Waals surface area contributed by atoms with E-state index in [1.165, 1.54) is 5.56 Å². The number of aryl methyl sites for hydroxylation is 2. The average molecular weight is 284 g/mol. The van der Waals surface area contributed by atoms with Crippen LogP contribution in [0.2, 0.25) is 0 Å². The molecule has 0 bridgehead atoms. The molecule has 0 aliphatic heterocycles. The first kappa shape index (κ1) is 14.9. The van der Waals surface area contributed by atoms with E-state index in [0.29, 0.717) is 11.1 Å². The Morgan fingerprint density at radius 3 is 2.56 bits per heavy atom. The molecule has 1 aromatic heterocycles. The van der Waals surface area contributed by atoms with Crippen LogP contribution in [0.1, 0.15) is 35.5 Å². The molecule has 1 aromatic carbocycles. The fourth-order valence-electron chi connectivity index (χ4n) is 2.05. The molecule has 0 aliphatic carbocycles. The van der Waals surface area contributed by atoms with E-state index in [1.807, 2.05) is 12.1 Å². The van der Waals surface area contributed by atoms with Crippen molar-refractivity contribution in [2.75, 3.05) is 0 Å². The molecule has 0 atom stereocenters. The molecule has 0 N–H and O–H groups in total. The smallest absolute Gasteiger partial charge is 0.254 e. The summed E-state index contributed by atoms with van der Waals surface area (Å²) < 4.78 is 0. The number of aromatic nitrogens is 1. The van der Waals surface area contributed by atoms with Gasteiger partial charge >= 0.3 is 0 Å². The predicted octanol–water partition coefficient (Wildman–Crippen LogP) is 4.16. The van der Waals surface area contributed by atoms with E-state index in [2.05, 4.69) is 24.9 Å². The van der Waals surface area contributed by atoms with Crippen molar-refractivity contribution in [3.8, 4) is 0 Å². The lowest BCUT2D eigenvalue weighted by molar-refractivity contribution is 0.108. The molecule has 4 heteroatoms. The number of halogens is 2. The highest BCUT2D eigenvalue weighted by molar-refractivity contribution is 6.68. The van der Waals surface area contributed by atoms with Gasteiger partial charge in [0.2, 0.25) is 0 Å². The normalized spacial score (nSPS) is 10.2. The fraction of sp³-hybridized carbons (Fsp3) is 0.286. The minimum atomic E-state index is -0.450. The van der Waals surface area contributed by atoms with Crippen molar-refractivity contribution >= 4 is 40.2 Å². The lowest BCUT2D eigenvalue weighted by Gasteiger charge is -2.09. The summed E-state index contributed by atoms with van der Waals surface area (Å²) in [6, 6.07) is 7.62. The molecule has 18 heavy (non-hydrogen) atoms. The van der Waals surface area contributed by atoms with Gasteiger partial charge in [0, 0.05) is 11.1 Å². The number of nitrogens with zero attached hydrogens (tertiary/aromatic N) is 1. The van der Waals surface area contributed by atoms with Crippen molar-refractivity contribution in [2.24, 2.45) is 0 Å². The van der Waals surface area contributed by atoms with Crippen molar-refractivity contribution in [1.82, 2.24) is 4.98 Å². The third-order valence-electron chi connectivity index (χ3n) is 2.94. The van der Waals surface area contributed by atoms with Crippen LogP contribution in [0, 0.1) is 0 Å². The second kappa shape index (κ2) is 6.17. The topological polar surface area (TPSA) is 30.0 Å². The maximum atomic E-state index is 11.3. The molecule has 2 nitrogen and oxygen atoms in total. The molecule has 1 heterocycles. The minimum Gasteiger partial charge on any atom is -0.276 e. The second-order valence-corrected chi connectivity index (χ2v) is 4.30. The Morgan fingerprint density at radius 2 is 2.00 bits per heavy atom. The molecule has 96 valence electrons. The Balaban J connectivity index is 0.00000162. The van der Waals surface area contributed by atoms with Crippen LogP contribution in [0.4, 0.5) is 0 Å². The van der Waals surface area contributed by atoms with Crippen LogP contribution in [-0.2, 0) is 12.8 Å². The lowest BCUT2D eigenvalue weighted by Crippen LogP contribution is -2.00. The number of hydrogen-bond acceptors (Lipinski definition) is 2. The summed E-state index contributed by atoms with van der Waals surface area (Å²) in [6.07, 6.45) is 1.81. The summed E-state index contributed by atoms with van der Waals surface area (Å²) in [7, 11) is 0. The SMILES string of the molecule is CCc1cc2cccc(C(=O)Cl)c2nc1CC.Cl. The van der Waals surface area contributed by atoms with Crippen molar-refractivity contribution in [3.05, 3.63) is 41.1 Å². The second-order valence-electron chi connectivity index (χ2n) is 3.95. The van der Waals surface area contributed by atoms with E-state index in [-0.39, 0.29) is 12.4 Å². The van der Waals surface area contributed by atoms with Gasteiger partial charge in [0.1, 0.15) is 0 Å². The largest absolute Gasteiger partial charge is 0.276 e. The summed E-state index contributed by atoms with van der Waals surface area (Å²) in [4.78, 5) is 15.9. The summed E-state index contributed by atoms with van der Waals surface area (Å²) in [6.45, 7) is 4.18. The monoisotopic (exact) mass is 283 g/mol. The van der Waals surface area contributed by atoms with Gasteiger partial charge < -0.3 is 0 Å². The maximum absolute atomic E-state index is 11.3. The summed E-state index contributed by atoms with van der Waals surface area (Å²) in [5.74, 6) is 0. The number of carbonyl (C=O) groups excluding carboxylic acids is 1. The van der Waals surface area contributed by atoms with E-state index in [1.54, 1.807) is 6.07 Å². The van der Waals surface area contributed by atoms with E-state index >= 15 is 0 Å². The highest BCUT2D eigenvalue weighted by Gasteiger charge is 2.11. The van der Waals surface area contributed by atoms with Gasteiger partial charge in [0.15, 0.2) is 0 Å². The number of carbonyl (C=O) groups is 1. The number of rotatable bonds is 3. The Hall–Kier alpha value is -1.12. The number of fused-ring (bicyclic) bond motifs is 1. The molecule has 0 unspecified atom stereocenters. The predicted molar refractivity (Wildman–Crippen MR) is 77.9 cm³/mol. The van der Waals surface area contributed by atoms with Crippen LogP contribution >= 0.6 is 24.0 Å². The van der Waals surface area contributed by atoms with Crippen molar-refractivity contribution in [1.29, 1.82) is 0 Å². The molecule has 0 aliphatic rings. The minimum absolute atomic E-state index is 0. The third-order valence-corrected chi connectivity index (χ3v) is 3.15. The summed E-state index contributed by atoms with van der Waals surface area (Å²) >= 11 is 5.57. The van der Waals surface area contributed by atoms with Gasteiger partial charge in [-0.15, -0.1) is 12.4 Å². The van der Waals surface area contributed by atoms with E-state index < -0.39 is 5.24 Å². The van der Waals surface area contributed by atoms with Crippen LogP contribution in [0.25, 0.3) is 10.9 Å². The van der Waals surface area contributed by atoms with Crippen molar-refractivity contribution in [2.45, 2.75) is 26.7 Å². The Bertz CT molecular complexity index is 581. The highest BCUT2D eigenvalue weighted by atomic mass is 35.5. The van der Waals surface area contributed by atoms with Gasteiger partial charge in [-0.25, -0.2) is 0 Å². The number of para-hydroxylation sites is 1. The zero-order valence-corrected chi connectivity index (χ0v) is 11.9. The van der Waals surface area contributed by atoms with Crippen LogP contribution in [0.3, 0.4) is 0 Å². The van der Waals surface area contributed by atoms with E-state index in [0.717, 1.165) is 23.9 Å². The zero-order valence-electron chi connectivity index (χ0n) is 10.4. The van der Waals surface area contributed by atoms with Crippen molar-refractivity contribution < 1.29 is 4.79 Å². The summed E-state index contributed by atoms with van der Waals surface area (Å²) in [5.41, 5.74) is 3.48. The van der Waals surface area contributed by atoms with Gasteiger partial charge in [-0.3, -0.25) is 9.78 Å². The first-order valence-corrected chi connectivity index (χ1v) is 6.16. The van der Waals surface area contributed by atoms with E-state index in [9.17, 15) is 4.79 Å². The van der Waals surface area contributed by atoms with Crippen LogP contribution in [0.5, 0.6) is 0 Å². The number of benzene rings is 1. The standard InChI is InChI=1S/C14H14ClNO.ClH/c1-3-9-8-10-6-5-7-11(14(15)17)13(10)16-12(9)4-2;/h5-8H,3-4H2,1-2H3;1H. The highest BCUT2D eigenvalue weighted by Crippen LogP contribution is 2.22. The average Bonchev–Trinajstić information content (AvgIpc) is 2.35. The Kier molecular flexibility index (Phi) is 5.12. The third kappa shape index (κ3) is 2.65. The Morgan fingerprint density at radius 1 is 1.28 bits per heavy atom. The first-order valence-electron chi connectivity index (χ1n) is 5.78. The van der Waals surface area contributed by atoms with Gasteiger partial charge in [0.25, 0.3) is 5.24 Å². The van der Waals surface area contributed by atoms with E-state index in [4.69, 9.17) is 11.6 Å². The first-order chi connectivity index (χ1) is 8.17. The molecular weight excluding hydrogens is 269 g/mol. The molecule has 0 spiro atoms. The van der Waals surface area contributed by atoms with Crippen LogP contribution < -0.4 is 0 Å².